The molecule has 0 bridgehead atoms. The minimum absolute atomic E-state index is 0.679. The summed E-state index contributed by atoms with van der Waals surface area (Å²) in [6.45, 7) is 0.151. The molecule has 11 heteroatoms. The van der Waals surface area contributed by atoms with E-state index in [0.29, 0.717) is 0 Å². The Hall–Kier alpha value is -0.700. The van der Waals surface area contributed by atoms with E-state index >= 15 is 0 Å². The largest absolute Gasteiger partial charge is 0.394 e. The van der Waals surface area contributed by atoms with Gasteiger partial charge in [-0.05, 0) is 13.0 Å². The smallest absolute Gasteiger partial charge is 0.215 e. The number of rotatable bonds is 5. The molecule has 2 aliphatic heterocycles. The third kappa shape index (κ3) is 3.93. The van der Waals surface area contributed by atoms with Crippen LogP contribution in [-0.2, 0) is 14.2 Å². The summed E-state index contributed by atoms with van der Waals surface area (Å²) in [5.74, 6) is -2.27. The van der Waals surface area contributed by atoms with Crippen molar-refractivity contribution < 1.29 is 55.1 Å². The molecular weight excluding hydrogens is 356 g/mol. The van der Waals surface area contributed by atoms with Gasteiger partial charge in [-0.25, -0.2) is 0 Å². The molecule has 2 fully saturated rings. The zero-order valence-electron chi connectivity index (χ0n) is 14.1. The van der Waals surface area contributed by atoms with Gasteiger partial charge in [-0.1, -0.05) is 6.08 Å². The molecule has 2 aliphatic rings. The molecule has 0 aromatic carbocycles. The first-order valence-electron chi connectivity index (χ1n) is 8.17. The Morgan fingerprint density at radius 1 is 0.923 bits per heavy atom. The van der Waals surface area contributed by atoms with E-state index < -0.39 is 74.1 Å². The number of allylic oxidation sites excluding steroid dienone is 1. The van der Waals surface area contributed by atoms with Crippen LogP contribution in [0.4, 0.5) is 0 Å². The minimum atomic E-state index is -2.27. The van der Waals surface area contributed by atoms with Crippen molar-refractivity contribution in [3.63, 3.8) is 0 Å². The van der Waals surface area contributed by atoms with E-state index in [1.807, 2.05) is 0 Å². The van der Waals surface area contributed by atoms with Crippen LogP contribution in [0.15, 0.2) is 12.2 Å². The molecule has 0 saturated carbocycles. The molecular formula is C15H26O11. The summed E-state index contributed by atoms with van der Waals surface area (Å²) in [6, 6.07) is 0. The van der Waals surface area contributed by atoms with E-state index in [0.717, 1.165) is 6.08 Å². The second-order valence-corrected chi connectivity index (χ2v) is 6.32. The highest BCUT2D eigenvalue weighted by Gasteiger charge is 2.54. The van der Waals surface area contributed by atoms with Gasteiger partial charge in [0.05, 0.1) is 13.2 Å². The molecule has 10 atom stereocenters. The number of aliphatic hydroxyl groups excluding tert-OH is 7. The van der Waals surface area contributed by atoms with Crippen LogP contribution in [0.3, 0.4) is 0 Å². The van der Waals surface area contributed by atoms with Gasteiger partial charge in [0.15, 0.2) is 6.29 Å². The molecule has 0 amide bonds. The number of aliphatic hydroxyl groups is 8. The van der Waals surface area contributed by atoms with Gasteiger partial charge in [0.25, 0.3) is 0 Å². The van der Waals surface area contributed by atoms with E-state index in [2.05, 4.69) is 0 Å². The van der Waals surface area contributed by atoms with Crippen molar-refractivity contribution >= 4 is 0 Å². The van der Waals surface area contributed by atoms with Gasteiger partial charge in [-0.3, -0.25) is 0 Å². The summed E-state index contributed by atoms with van der Waals surface area (Å²) < 4.78 is 15.8. The maximum atomic E-state index is 10.3. The molecule has 2 heterocycles. The first-order valence-corrected chi connectivity index (χ1v) is 8.17. The molecule has 0 aromatic rings. The lowest BCUT2D eigenvalue weighted by Gasteiger charge is -2.48. The fraction of sp³-hybridized carbons (Fsp3) is 0.867. The third-order valence-electron chi connectivity index (χ3n) is 4.52. The zero-order valence-corrected chi connectivity index (χ0v) is 14.1. The van der Waals surface area contributed by atoms with Crippen LogP contribution in [0, 0.1) is 0 Å². The van der Waals surface area contributed by atoms with Gasteiger partial charge in [0.1, 0.15) is 48.8 Å². The zero-order chi connectivity index (χ0) is 19.6. The number of ether oxygens (including phenoxy) is 3. The summed E-state index contributed by atoms with van der Waals surface area (Å²) in [6.07, 6.45) is -11.8. The van der Waals surface area contributed by atoms with E-state index in [-0.39, 0.29) is 0 Å². The molecule has 152 valence electrons. The fourth-order valence-corrected chi connectivity index (χ4v) is 3.04. The van der Waals surface area contributed by atoms with Gasteiger partial charge in [-0.2, -0.15) is 0 Å². The van der Waals surface area contributed by atoms with Gasteiger partial charge < -0.3 is 55.1 Å². The molecule has 0 aliphatic carbocycles. The van der Waals surface area contributed by atoms with Crippen LogP contribution in [-0.4, -0.2) is 115 Å². The van der Waals surface area contributed by atoms with Crippen LogP contribution in [0.5, 0.6) is 0 Å². The fourth-order valence-electron chi connectivity index (χ4n) is 3.04. The second-order valence-electron chi connectivity index (χ2n) is 6.32. The molecule has 0 radical (unpaired) electrons. The lowest BCUT2D eigenvalue weighted by molar-refractivity contribution is -0.371. The minimum Gasteiger partial charge on any atom is -0.394 e. The van der Waals surface area contributed by atoms with Crippen molar-refractivity contribution in [2.75, 3.05) is 13.2 Å². The Morgan fingerprint density at radius 2 is 1.54 bits per heavy atom. The second kappa shape index (κ2) is 8.54. The van der Waals surface area contributed by atoms with Crippen LogP contribution in [0.1, 0.15) is 6.92 Å². The first kappa shape index (κ1) is 21.6. The first-order chi connectivity index (χ1) is 12.2. The Kier molecular flexibility index (Phi) is 7.10. The summed E-state index contributed by atoms with van der Waals surface area (Å²) in [5, 5.41) is 78.9. The molecule has 8 N–H and O–H groups in total. The van der Waals surface area contributed by atoms with E-state index in [1.165, 1.54) is 6.08 Å². The van der Waals surface area contributed by atoms with Gasteiger partial charge in [0, 0.05) is 0 Å². The molecule has 0 spiro atoms. The summed E-state index contributed by atoms with van der Waals surface area (Å²) in [7, 11) is 0. The van der Waals surface area contributed by atoms with E-state index in [4.69, 9.17) is 14.2 Å². The average molecular weight is 382 g/mol. The SMILES string of the molecule is CC=CC1(O)O[C@H](CO)[C@@H](O[C@@H]2O[C@H](CO)[C@H](O)[C@H](O)[C@H]2O)[C@H](O)[C@H]1O. The molecule has 2 saturated heterocycles. The Labute approximate surface area is 149 Å². The predicted molar refractivity (Wildman–Crippen MR) is 82.4 cm³/mol. The van der Waals surface area contributed by atoms with Gasteiger partial charge in [-0.15, -0.1) is 0 Å². The van der Waals surface area contributed by atoms with Crippen LogP contribution < -0.4 is 0 Å². The molecule has 26 heavy (non-hydrogen) atoms. The Balaban J connectivity index is 2.19. The maximum Gasteiger partial charge on any atom is 0.215 e. The van der Waals surface area contributed by atoms with Crippen LogP contribution >= 0.6 is 0 Å². The quantitative estimate of drug-likeness (QED) is 0.214. The average Bonchev–Trinajstić information content (AvgIpc) is 2.62. The maximum absolute atomic E-state index is 10.3. The van der Waals surface area contributed by atoms with Gasteiger partial charge in [0.2, 0.25) is 5.79 Å². The van der Waals surface area contributed by atoms with Crippen molar-refractivity contribution in [3.8, 4) is 0 Å². The van der Waals surface area contributed by atoms with Crippen molar-refractivity contribution in [1.82, 2.24) is 0 Å². The standard InChI is InChI=1S/C15H26O11/c1-2-3-15(23)13(22)11(21)12(7(5-17)26-15)25-14-10(20)9(19)8(18)6(4-16)24-14/h2-3,6-14,16-23H,4-5H2,1H3/t6-,7-,8+,9+,10-,11+,12-,13-,14+,15?/m1/s1. The van der Waals surface area contributed by atoms with Gasteiger partial charge >= 0.3 is 0 Å². The summed E-state index contributed by atoms with van der Waals surface area (Å²) in [4.78, 5) is 0. The van der Waals surface area contributed by atoms with Crippen molar-refractivity contribution in [3.05, 3.63) is 12.2 Å². The lowest BCUT2D eigenvalue weighted by atomic mass is 9.91. The van der Waals surface area contributed by atoms with Crippen molar-refractivity contribution in [2.45, 2.75) is 67.8 Å². The highest BCUT2D eigenvalue weighted by Crippen LogP contribution is 2.33. The summed E-state index contributed by atoms with van der Waals surface area (Å²) >= 11 is 0. The molecule has 2 rings (SSSR count). The predicted octanol–water partition coefficient (Wildman–Crippen LogP) is -4.45. The molecule has 0 aromatic heterocycles. The highest BCUT2D eigenvalue weighted by atomic mass is 16.7. The third-order valence-corrected chi connectivity index (χ3v) is 4.52. The van der Waals surface area contributed by atoms with E-state index in [9.17, 15) is 40.9 Å². The lowest BCUT2D eigenvalue weighted by Crippen LogP contribution is -2.67. The van der Waals surface area contributed by atoms with Crippen LogP contribution in [0.2, 0.25) is 0 Å². The topological polar surface area (TPSA) is 190 Å². The normalized spacial score (nSPS) is 50.3. The van der Waals surface area contributed by atoms with Crippen LogP contribution in [0.25, 0.3) is 0 Å². The van der Waals surface area contributed by atoms with Crippen molar-refractivity contribution in [1.29, 1.82) is 0 Å². The Bertz CT molecular complexity index is 484. The van der Waals surface area contributed by atoms with E-state index in [1.54, 1.807) is 6.92 Å². The highest BCUT2D eigenvalue weighted by molar-refractivity contribution is 5.07. The monoisotopic (exact) mass is 382 g/mol. The van der Waals surface area contributed by atoms with Crippen molar-refractivity contribution in [2.24, 2.45) is 0 Å². The molecule has 1 unspecified atom stereocenters. The summed E-state index contributed by atoms with van der Waals surface area (Å²) in [5.41, 5.74) is 0. The number of hydrogen-bond donors (Lipinski definition) is 8. The molecule has 11 nitrogen and oxygen atoms in total. The number of hydrogen-bond acceptors (Lipinski definition) is 11. The Morgan fingerprint density at radius 3 is 2.08 bits per heavy atom.